The van der Waals surface area contributed by atoms with E-state index in [1.807, 2.05) is 0 Å². The summed E-state index contributed by atoms with van der Waals surface area (Å²) in [6.07, 6.45) is -4.87. The Morgan fingerprint density at radius 1 is 1.15 bits per heavy atom. The van der Waals surface area contributed by atoms with Crippen molar-refractivity contribution in [2.24, 2.45) is 0 Å². The fourth-order valence-electron chi connectivity index (χ4n) is 2.77. The van der Waals surface area contributed by atoms with E-state index in [1.165, 1.54) is 13.2 Å². The van der Waals surface area contributed by atoms with E-state index in [-0.39, 0.29) is 12.1 Å². The molecule has 2 aromatic rings. The topological polar surface area (TPSA) is 58.6 Å². The number of hydrogen-bond donors (Lipinski definition) is 1. The third-order valence-corrected chi connectivity index (χ3v) is 4.42. The van der Waals surface area contributed by atoms with Gasteiger partial charge in [-0.2, -0.15) is 13.2 Å². The Kier molecular flexibility index (Phi) is 5.01. The highest BCUT2D eigenvalue weighted by Gasteiger charge is 2.41. The maximum absolute atomic E-state index is 13.0. The van der Waals surface area contributed by atoms with Gasteiger partial charge in [-0.05, 0) is 42.5 Å². The summed E-state index contributed by atoms with van der Waals surface area (Å²) in [5, 5.41) is 2.41. The molecule has 2 amide bonds. The van der Waals surface area contributed by atoms with Crippen LogP contribution in [0, 0.1) is 0 Å². The smallest absolute Gasteiger partial charge is 0.417 e. The minimum Gasteiger partial charge on any atom is -0.497 e. The van der Waals surface area contributed by atoms with E-state index < -0.39 is 34.6 Å². The lowest BCUT2D eigenvalue weighted by atomic mass is 10.1. The van der Waals surface area contributed by atoms with Crippen LogP contribution in [0.1, 0.15) is 12.0 Å². The Morgan fingerprint density at radius 3 is 2.41 bits per heavy atom. The predicted octanol–water partition coefficient (Wildman–Crippen LogP) is 4.11. The molecule has 0 saturated carbocycles. The number of alkyl halides is 3. The predicted molar refractivity (Wildman–Crippen MR) is 94.0 cm³/mol. The van der Waals surface area contributed by atoms with E-state index in [0.29, 0.717) is 17.5 Å². The molecule has 0 unspecified atom stereocenters. The molecule has 1 aliphatic heterocycles. The lowest BCUT2D eigenvalue weighted by Crippen LogP contribution is -2.35. The van der Waals surface area contributed by atoms with Crippen LogP contribution in [-0.4, -0.2) is 25.0 Å². The fourth-order valence-corrected chi connectivity index (χ4v) is 3.00. The van der Waals surface area contributed by atoms with Gasteiger partial charge in [-0.1, -0.05) is 11.6 Å². The second-order valence-corrected chi connectivity index (χ2v) is 6.27. The van der Waals surface area contributed by atoms with Crippen LogP contribution in [0.5, 0.6) is 5.75 Å². The summed E-state index contributed by atoms with van der Waals surface area (Å²) in [6.45, 7) is 0. The number of methoxy groups -OCH3 is 1. The van der Waals surface area contributed by atoms with Crippen molar-refractivity contribution < 1.29 is 27.5 Å². The Bertz CT molecular complexity index is 884. The number of nitrogens with one attached hydrogen (secondary N) is 1. The molecule has 142 valence electrons. The van der Waals surface area contributed by atoms with Crippen LogP contribution >= 0.6 is 11.6 Å². The average Bonchev–Trinajstić information content (AvgIpc) is 2.89. The summed E-state index contributed by atoms with van der Waals surface area (Å²) in [7, 11) is 1.51. The van der Waals surface area contributed by atoms with Crippen LogP contribution < -0.4 is 15.0 Å². The van der Waals surface area contributed by atoms with E-state index in [1.54, 1.807) is 24.3 Å². The minimum atomic E-state index is -4.69. The molecule has 3 rings (SSSR count). The number of nitrogens with zero attached hydrogens (tertiary/aromatic N) is 1. The number of carbonyl (C=O) groups excluding carboxylic acids is 2. The van der Waals surface area contributed by atoms with Gasteiger partial charge >= 0.3 is 6.18 Å². The highest BCUT2D eigenvalue weighted by molar-refractivity contribution is 6.31. The zero-order valence-electron chi connectivity index (χ0n) is 14.0. The number of rotatable bonds is 4. The summed E-state index contributed by atoms with van der Waals surface area (Å²) in [5.41, 5.74) is -0.689. The number of halogens is 4. The molecular formula is C18H14ClF3N2O3. The monoisotopic (exact) mass is 398 g/mol. The second kappa shape index (κ2) is 7.11. The standard InChI is InChI=1S/C18H14ClF3N2O3/c1-27-12-5-2-10(3-6-12)23-15-9-16(25)24(17(15)26)11-4-7-14(19)13(8-11)18(20,21)22/h2-8,15,23H,9H2,1H3/t15-/m0/s1. The highest BCUT2D eigenvalue weighted by Crippen LogP contribution is 2.38. The third-order valence-electron chi connectivity index (χ3n) is 4.09. The molecule has 1 fully saturated rings. The van der Waals surface area contributed by atoms with E-state index in [0.717, 1.165) is 11.0 Å². The van der Waals surface area contributed by atoms with Gasteiger partial charge in [0.05, 0.1) is 29.8 Å². The summed E-state index contributed by atoms with van der Waals surface area (Å²) in [5.74, 6) is -0.607. The van der Waals surface area contributed by atoms with Crippen LogP contribution in [0.25, 0.3) is 0 Å². The molecular weight excluding hydrogens is 385 g/mol. The molecule has 1 N–H and O–H groups in total. The lowest BCUT2D eigenvalue weighted by Gasteiger charge is -2.18. The zero-order valence-corrected chi connectivity index (χ0v) is 14.8. The van der Waals surface area contributed by atoms with Gasteiger partial charge in [-0.25, -0.2) is 4.90 Å². The second-order valence-electron chi connectivity index (χ2n) is 5.86. The first-order valence-electron chi connectivity index (χ1n) is 7.85. The third kappa shape index (κ3) is 3.85. The summed E-state index contributed by atoms with van der Waals surface area (Å²) in [6, 6.07) is 8.75. The molecule has 0 spiro atoms. The van der Waals surface area contributed by atoms with Crippen LogP contribution in [-0.2, 0) is 15.8 Å². The van der Waals surface area contributed by atoms with Crippen LogP contribution in [0.15, 0.2) is 42.5 Å². The molecule has 5 nitrogen and oxygen atoms in total. The molecule has 1 heterocycles. The molecule has 9 heteroatoms. The van der Waals surface area contributed by atoms with Gasteiger partial charge in [-0.3, -0.25) is 9.59 Å². The number of carbonyl (C=O) groups is 2. The number of amides is 2. The first-order valence-corrected chi connectivity index (χ1v) is 8.22. The normalized spacial score (nSPS) is 17.4. The maximum atomic E-state index is 13.0. The van der Waals surface area contributed by atoms with Gasteiger partial charge in [0, 0.05) is 5.69 Å². The van der Waals surface area contributed by atoms with E-state index >= 15 is 0 Å². The van der Waals surface area contributed by atoms with E-state index in [9.17, 15) is 22.8 Å². The maximum Gasteiger partial charge on any atom is 0.417 e. The van der Waals surface area contributed by atoms with Crippen LogP contribution in [0.3, 0.4) is 0 Å². The lowest BCUT2D eigenvalue weighted by molar-refractivity contribution is -0.137. The van der Waals surface area contributed by atoms with Gasteiger partial charge in [0.2, 0.25) is 5.91 Å². The molecule has 2 aromatic carbocycles. The molecule has 0 radical (unpaired) electrons. The van der Waals surface area contributed by atoms with Crippen LogP contribution in [0.2, 0.25) is 5.02 Å². The zero-order chi connectivity index (χ0) is 19.8. The van der Waals surface area contributed by atoms with Crippen molar-refractivity contribution in [1.29, 1.82) is 0 Å². The molecule has 0 aliphatic carbocycles. The van der Waals surface area contributed by atoms with Crippen molar-refractivity contribution in [3.8, 4) is 5.75 Å². The first-order chi connectivity index (χ1) is 12.7. The number of anilines is 2. The van der Waals surface area contributed by atoms with Gasteiger partial charge in [-0.15, -0.1) is 0 Å². The number of hydrogen-bond acceptors (Lipinski definition) is 4. The Morgan fingerprint density at radius 2 is 1.81 bits per heavy atom. The number of imide groups is 1. The van der Waals surface area contributed by atoms with Gasteiger partial charge < -0.3 is 10.1 Å². The van der Waals surface area contributed by atoms with E-state index in [4.69, 9.17) is 16.3 Å². The Hall–Kier alpha value is -2.74. The van der Waals surface area contributed by atoms with E-state index in [2.05, 4.69) is 5.32 Å². The highest BCUT2D eigenvalue weighted by atomic mass is 35.5. The van der Waals surface area contributed by atoms with Gasteiger partial charge in [0.15, 0.2) is 0 Å². The van der Waals surface area contributed by atoms with Crippen molar-refractivity contribution in [1.82, 2.24) is 0 Å². The van der Waals surface area contributed by atoms with Crippen molar-refractivity contribution in [3.05, 3.63) is 53.1 Å². The first kappa shape index (κ1) is 19.0. The summed E-state index contributed by atoms with van der Waals surface area (Å²) in [4.78, 5) is 25.6. The van der Waals surface area contributed by atoms with Crippen LogP contribution in [0.4, 0.5) is 24.5 Å². The molecule has 0 bridgehead atoms. The van der Waals surface area contributed by atoms with Crippen molar-refractivity contribution in [2.45, 2.75) is 18.6 Å². The Labute approximate surface area is 157 Å². The molecule has 1 aliphatic rings. The fraction of sp³-hybridized carbons (Fsp3) is 0.222. The summed E-state index contributed by atoms with van der Waals surface area (Å²) < 4.78 is 44.2. The number of ether oxygens (including phenoxy) is 1. The molecule has 1 saturated heterocycles. The summed E-state index contributed by atoms with van der Waals surface area (Å²) >= 11 is 5.59. The van der Waals surface area contributed by atoms with Gasteiger partial charge in [0.25, 0.3) is 5.91 Å². The van der Waals surface area contributed by atoms with Crippen molar-refractivity contribution in [2.75, 3.05) is 17.3 Å². The minimum absolute atomic E-state index is 0.166. The average molecular weight is 399 g/mol. The molecule has 27 heavy (non-hydrogen) atoms. The SMILES string of the molecule is COc1ccc(N[C@H]2CC(=O)N(c3ccc(Cl)c(C(F)(F)F)c3)C2=O)cc1. The molecule has 1 atom stereocenters. The number of benzene rings is 2. The largest absolute Gasteiger partial charge is 0.497 e. The molecule has 0 aromatic heterocycles. The van der Waals surface area contributed by atoms with Crippen molar-refractivity contribution >= 4 is 34.8 Å². The van der Waals surface area contributed by atoms with Gasteiger partial charge in [0.1, 0.15) is 11.8 Å². The Balaban J connectivity index is 1.84. The quantitative estimate of drug-likeness (QED) is 0.787. The van der Waals surface area contributed by atoms with Crippen molar-refractivity contribution in [3.63, 3.8) is 0 Å².